The summed E-state index contributed by atoms with van der Waals surface area (Å²) in [5, 5.41) is 13.2. The normalized spacial score (nSPS) is 20.4. The number of aryl methyl sites for hydroxylation is 1. The van der Waals surface area contributed by atoms with Crippen LogP contribution in [0.25, 0.3) is 0 Å². The number of amides is 3. The Kier molecular flexibility index (Phi) is 12.3. The molecule has 13 nitrogen and oxygen atoms in total. The summed E-state index contributed by atoms with van der Waals surface area (Å²) in [4.78, 5) is 30.9. The molecule has 2 aliphatic heterocycles. The van der Waals surface area contributed by atoms with Crippen LogP contribution in [0.15, 0.2) is 65.6 Å². The van der Waals surface area contributed by atoms with E-state index < -0.39 is 28.1 Å². The average molecular weight is 725 g/mol. The van der Waals surface area contributed by atoms with Gasteiger partial charge in [-0.3, -0.25) is 9.52 Å². The molecule has 3 aromatic rings. The Bertz CT molecular complexity index is 1790. The molecule has 2 heterocycles. The second-order valence-electron chi connectivity index (χ2n) is 13.3. The number of carbonyl (C=O) groups is 2. The van der Waals surface area contributed by atoms with Crippen molar-refractivity contribution in [2.24, 2.45) is 5.92 Å². The van der Waals surface area contributed by atoms with E-state index in [4.69, 9.17) is 18.9 Å². The maximum absolute atomic E-state index is 14.4. The maximum Gasteiger partial charge on any atom is 0.321 e. The summed E-state index contributed by atoms with van der Waals surface area (Å²) in [6, 6.07) is 15.4. The van der Waals surface area contributed by atoms with Gasteiger partial charge >= 0.3 is 6.03 Å². The number of nitrogens with one attached hydrogen (secondary N) is 2. The third kappa shape index (κ3) is 9.63. The van der Waals surface area contributed by atoms with Gasteiger partial charge in [-0.05, 0) is 82.5 Å². The molecule has 0 aliphatic carbocycles. The first-order valence-corrected chi connectivity index (χ1v) is 18.7. The predicted molar refractivity (Wildman–Crippen MR) is 193 cm³/mol. The van der Waals surface area contributed by atoms with E-state index in [0.29, 0.717) is 36.0 Å². The van der Waals surface area contributed by atoms with Crippen molar-refractivity contribution in [3.8, 4) is 17.2 Å². The van der Waals surface area contributed by atoms with Gasteiger partial charge in [-0.1, -0.05) is 24.6 Å². The number of carbonyl (C=O) groups excluding carboxylic acids is 2. The lowest BCUT2D eigenvalue weighted by atomic mass is 10.0. The van der Waals surface area contributed by atoms with Gasteiger partial charge in [0.1, 0.15) is 5.75 Å². The fourth-order valence-electron chi connectivity index (χ4n) is 5.93. The second-order valence-corrected chi connectivity index (χ2v) is 15.0. The van der Waals surface area contributed by atoms with E-state index in [-0.39, 0.29) is 60.7 Å². The van der Waals surface area contributed by atoms with Crippen LogP contribution in [0.4, 0.5) is 16.2 Å². The van der Waals surface area contributed by atoms with E-state index in [0.717, 1.165) is 18.4 Å². The van der Waals surface area contributed by atoms with Gasteiger partial charge in [-0.25, -0.2) is 13.2 Å². The molecule has 0 saturated heterocycles. The summed E-state index contributed by atoms with van der Waals surface area (Å²) < 4.78 is 52.5. The van der Waals surface area contributed by atoms with Crippen LogP contribution in [0.2, 0.25) is 0 Å². The van der Waals surface area contributed by atoms with Crippen molar-refractivity contribution in [2.45, 2.75) is 70.1 Å². The zero-order chi connectivity index (χ0) is 36.7. The first-order valence-electron chi connectivity index (χ1n) is 17.2. The van der Waals surface area contributed by atoms with Crippen LogP contribution in [0.5, 0.6) is 17.2 Å². The molecule has 3 N–H and O–H groups in total. The molecule has 4 atom stereocenters. The minimum absolute atomic E-state index is 0.0920. The highest BCUT2D eigenvalue weighted by Gasteiger charge is 2.31. The largest absolute Gasteiger partial charge is 0.490 e. The van der Waals surface area contributed by atoms with Crippen LogP contribution in [0, 0.1) is 12.8 Å². The van der Waals surface area contributed by atoms with Crippen molar-refractivity contribution >= 4 is 33.3 Å². The second kappa shape index (κ2) is 16.7. The highest BCUT2D eigenvalue weighted by Crippen LogP contribution is 2.34. The lowest BCUT2D eigenvalue weighted by molar-refractivity contribution is -0.0115. The minimum Gasteiger partial charge on any atom is -0.490 e. The molecule has 0 bridgehead atoms. The number of benzene rings is 3. The first kappa shape index (κ1) is 37.7. The number of rotatable bonds is 8. The highest BCUT2D eigenvalue weighted by atomic mass is 32.2. The molecule has 0 spiro atoms. The molecule has 276 valence electrons. The Morgan fingerprint density at radius 3 is 2.45 bits per heavy atom. The molecular formula is C37H48N4O9S. The number of urea groups is 1. The van der Waals surface area contributed by atoms with E-state index in [1.807, 2.05) is 20.8 Å². The van der Waals surface area contributed by atoms with Gasteiger partial charge in [0.25, 0.3) is 15.9 Å². The SMILES string of the molecule is Cc1ccc(S(=O)(=O)Nc2ccc3c(c2)C(=O)N([C@H](C)CO)C[C@H](C)[C@@H](CN(C)C(=O)Nc2ccc4c(c2)OCO4)OCCCC[C@H](C)O3)cc1. The molecule has 0 saturated carbocycles. The van der Waals surface area contributed by atoms with E-state index >= 15 is 0 Å². The summed E-state index contributed by atoms with van der Waals surface area (Å²) in [6.07, 6.45) is 1.54. The van der Waals surface area contributed by atoms with Gasteiger partial charge in [0.05, 0.1) is 35.3 Å². The number of likely N-dealkylation sites (N-methyl/N-ethyl adjacent to an activating group) is 1. The summed E-state index contributed by atoms with van der Waals surface area (Å²) in [7, 11) is -2.27. The maximum atomic E-state index is 14.4. The highest BCUT2D eigenvalue weighted by molar-refractivity contribution is 7.92. The van der Waals surface area contributed by atoms with Crippen LogP contribution < -0.4 is 24.2 Å². The Balaban J connectivity index is 1.39. The summed E-state index contributed by atoms with van der Waals surface area (Å²) >= 11 is 0. The van der Waals surface area contributed by atoms with Crippen LogP contribution >= 0.6 is 0 Å². The lowest BCUT2D eigenvalue weighted by Gasteiger charge is -2.35. The topological polar surface area (TPSA) is 156 Å². The average Bonchev–Trinajstić information content (AvgIpc) is 3.57. The molecular weight excluding hydrogens is 676 g/mol. The van der Waals surface area contributed by atoms with Gasteiger partial charge in [0, 0.05) is 50.1 Å². The Hall–Kier alpha value is -4.53. The number of nitrogens with zero attached hydrogens (tertiary/aromatic N) is 2. The van der Waals surface area contributed by atoms with Crippen molar-refractivity contribution in [3.63, 3.8) is 0 Å². The zero-order valence-electron chi connectivity index (χ0n) is 29.8. The molecule has 51 heavy (non-hydrogen) atoms. The summed E-state index contributed by atoms with van der Waals surface area (Å²) in [5.41, 5.74) is 1.84. The number of aliphatic hydroxyl groups is 1. The van der Waals surface area contributed by atoms with Gasteiger partial charge in [-0.2, -0.15) is 0 Å². The standard InChI is InChI=1S/C37H48N4O9S/c1-24-9-13-30(14-10-24)51(45,46)39-29-12-15-32-31(18-29)36(43)41(26(3)22-42)20-25(2)35(47-17-7-6-8-27(4)50-32)21-40(5)37(44)38-28-11-16-33-34(19-28)49-23-48-33/h9-16,18-19,25-27,35,39,42H,6-8,17,20-23H2,1-5H3,(H,38,44)/t25-,26+,27-,35+/m0/s1. The van der Waals surface area contributed by atoms with E-state index in [1.165, 1.54) is 23.1 Å². The number of sulfonamides is 1. The smallest absolute Gasteiger partial charge is 0.321 e. The monoisotopic (exact) mass is 724 g/mol. The fourth-order valence-corrected chi connectivity index (χ4v) is 6.98. The van der Waals surface area contributed by atoms with Crippen LogP contribution in [-0.4, -0.2) is 93.7 Å². The minimum atomic E-state index is -3.95. The quantitative estimate of drug-likeness (QED) is 0.274. The summed E-state index contributed by atoms with van der Waals surface area (Å²) in [5.74, 6) is 0.768. The molecule has 3 aromatic carbocycles. The third-order valence-electron chi connectivity index (χ3n) is 9.06. The molecule has 0 unspecified atom stereocenters. The fraction of sp³-hybridized carbons (Fsp3) is 0.459. The van der Waals surface area contributed by atoms with Crippen molar-refractivity contribution in [1.82, 2.24) is 9.80 Å². The van der Waals surface area contributed by atoms with E-state index in [2.05, 4.69) is 10.0 Å². The summed E-state index contributed by atoms with van der Waals surface area (Å²) in [6.45, 7) is 8.14. The molecule has 3 amide bonds. The van der Waals surface area contributed by atoms with Crippen molar-refractivity contribution in [1.29, 1.82) is 0 Å². The van der Waals surface area contributed by atoms with Crippen molar-refractivity contribution in [3.05, 3.63) is 71.8 Å². The van der Waals surface area contributed by atoms with Crippen LogP contribution in [0.1, 0.15) is 56.0 Å². The number of aliphatic hydroxyl groups excluding tert-OH is 1. The first-order chi connectivity index (χ1) is 24.3. The van der Waals surface area contributed by atoms with Crippen molar-refractivity contribution in [2.75, 3.05) is 50.2 Å². The van der Waals surface area contributed by atoms with Crippen LogP contribution in [0.3, 0.4) is 0 Å². The van der Waals surface area contributed by atoms with Gasteiger partial charge < -0.3 is 39.2 Å². The van der Waals surface area contributed by atoms with Gasteiger partial charge in [0.2, 0.25) is 6.79 Å². The lowest BCUT2D eigenvalue weighted by Crippen LogP contribution is -2.48. The zero-order valence-corrected chi connectivity index (χ0v) is 30.6. The Morgan fingerprint density at radius 2 is 1.71 bits per heavy atom. The van der Waals surface area contributed by atoms with Crippen LogP contribution in [-0.2, 0) is 14.8 Å². The van der Waals surface area contributed by atoms with E-state index in [9.17, 15) is 23.1 Å². The number of fused-ring (bicyclic) bond motifs is 2. The molecule has 0 fully saturated rings. The number of hydrogen-bond acceptors (Lipinski definition) is 9. The molecule has 0 radical (unpaired) electrons. The Labute approximate surface area is 299 Å². The number of ether oxygens (including phenoxy) is 4. The molecule has 0 aromatic heterocycles. The van der Waals surface area contributed by atoms with Gasteiger partial charge in [0.15, 0.2) is 11.5 Å². The number of anilines is 2. The number of hydrogen-bond donors (Lipinski definition) is 3. The Morgan fingerprint density at radius 1 is 1.00 bits per heavy atom. The third-order valence-corrected chi connectivity index (χ3v) is 10.5. The molecule has 14 heteroatoms. The van der Waals surface area contributed by atoms with Crippen molar-refractivity contribution < 1.29 is 42.1 Å². The molecule has 5 rings (SSSR count). The molecule has 2 aliphatic rings. The van der Waals surface area contributed by atoms with Gasteiger partial charge in [-0.15, -0.1) is 0 Å². The predicted octanol–water partition coefficient (Wildman–Crippen LogP) is 5.48. The van der Waals surface area contributed by atoms with E-state index in [1.54, 1.807) is 61.3 Å².